The Labute approximate surface area is 166 Å². The lowest BCUT2D eigenvalue weighted by atomic mass is 10.1. The Morgan fingerprint density at radius 3 is 2.34 bits per heavy atom. The van der Waals surface area contributed by atoms with Crippen LogP contribution in [0.3, 0.4) is 0 Å². The number of methoxy groups -OCH3 is 1. The van der Waals surface area contributed by atoms with E-state index >= 15 is 0 Å². The van der Waals surface area contributed by atoms with Gasteiger partial charge in [-0.1, -0.05) is 24.3 Å². The molecule has 0 saturated carbocycles. The summed E-state index contributed by atoms with van der Waals surface area (Å²) in [7, 11) is 1.48. The lowest BCUT2D eigenvalue weighted by Crippen LogP contribution is -2.31. The molecule has 156 valence electrons. The van der Waals surface area contributed by atoms with Crippen molar-refractivity contribution in [2.24, 2.45) is 0 Å². The lowest BCUT2D eigenvalue weighted by Gasteiger charge is -2.10. The molecule has 0 unspecified atom stereocenters. The molecule has 0 atom stereocenters. The maximum Gasteiger partial charge on any atom is 0.387 e. The molecule has 0 fully saturated rings. The third-order valence-electron chi connectivity index (χ3n) is 3.66. The Morgan fingerprint density at radius 1 is 1.00 bits per heavy atom. The summed E-state index contributed by atoms with van der Waals surface area (Å²) in [6, 6.07) is 12.9. The second-order valence-electron chi connectivity index (χ2n) is 5.72. The van der Waals surface area contributed by atoms with Gasteiger partial charge >= 0.3 is 12.6 Å². The standard InChI is InChI=1S/C20H21F2NO6/c1-26-16-4-2-3-5-17(16)27-13-19(25)28-12-18(24)23-11-10-14-6-8-15(9-7-14)29-20(21)22/h2-9,20H,10-13H2,1H3,(H,23,24). The summed E-state index contributed by atoms with van der Waals surface area (Å²) in [4.78, 5) is 23.4. The predicted molar refractivity (Wildman–Crippen MR) is 99.2 cm³/mol. The first-order valence-electron chi connectivity index (χ1n) is 8.70. The molecule has 0 heterocycles. The minimum absolute atomic E-state index is 0.0649. The molecule has 29 heavy (non-hydrogen) atoms. The molecule has 1 N–H and O–H groups in total. The van der Waals surface area contributed by atoms with Gasteiger partial charge < -0.3 is 24.3 Å². The van der Waals surface area contributed by atoms with Gasteiger partial charge in [-0.25, -0.2) is 4.79 Å². The van der Waals surface area contributed by atoms with Gasteiger partial charge in [0.25, 0.3) is 5.91 Å². The number of hydrogen-bond acceptors (Lipinski definition) is 6. The number of rotatable bonds is 11. The van der Waals surface area contributed by atoms with Crippen molar-refractivity contribution in [2.75, 3.05) is 26.9 Å². The summed E-state index contributed by atoms with van der Waals surface area (Å²) in [6.45, 7) is -3.37. The number of benzene rings is 2. The van der Waals surface area contributed by atoms with Crippen molar-refractivity contribution in [3.8, 4) is 17.2 Å². The summed E-state index contributed by atoms with van der Waals surface area (Å²) in [5.41, 5.74) is 0.828. The Balaban J connectivity index is 1.63. The van der Waals surface area contributed by atoms with Crippen molar-refractivity contribution < 1.29 is 37.3 Å². The Morgan fingerprint density at radius 2 is 1.69 bits per heavy atom. The van der Waals surface area contributed by atoms with Crippen LogP contribution in [0.2, 0.25) is 0 Å². The Bertz CT molecular complexity index is 798. The van der Waals surface area contributed by atoms with Gasteiger partial charge in [0.05, 0.1) is 7.11 Å². The second-order valence-corrected chi connectivity index (χ2v) is 5.72. The highest BCUT2D eigenvalue weighted by molar-refractivity contribution is 5.80. The molecule has 0 saturated heterocycles. The van der Waals surface area contributed by atoms with Gasteiger partial charge in [0, 0.05) is 6.54 Å². The van der Waals surface area contributed by atoms with Crippen LogP contribution in [-0.4, -0.2) is 45.4 Å². The molecule has 2 rings (SSSR count). The highest BCUT2D eigenvalue weighted by Crippen LogP contribution is 2.25. The van der Waals surface area contributed by atoms with Gasteiger partial charge in [-0.05, 0) is 36.2 Å². The molecular formula is C20H21F2NO6. The number of para-hydroxylation sites is 2. The number of amides is 1. The molecule has 2 aromatic rings. The van der Waals surface area contributed by atoms with E-state index in [1.54, 1.807) is 36.4 Å². The first-order valence-corrected chi connectivity index (χ1v) is 8.70. The third kappa shape index (κ3) is 8.04. The van der Waals surface area contributed by atoms with Crippen LogP contribution in [-0.2, 0) is 20.7 Å². The van der Waals surface area contributed by atoms with Crippen molar-refractivity contribution in [3.63, 3.8) is 0 Å². The average Bonchev–Trinajstić information content (AvgIpc) is 2.71. The van der Waals surface area contributed by atoms with Gasteiger partial charge in [0.2, 0.25) is 0 Å². The number of halogens is 2. The average molecular weight is 409 g/mol. The summed E-state index contributed by atoms with van der Waals surface area (Å²) in [5.74, 6) is -0.225. The number of hydrogen-bond donors (Lipinski definition) is 1. The number of carbonyl (C=O) groups excluding carboxylic acids is 2. The third-order valence-corrected chi connectivity index (χ3v) is 3.66. The number of esters is 1. The van der Waals surface area contributed by atoms with Crippen LogP contribution >= 0.6 is 0 Å². The largest absolute Gasteiger partial charge is 0.493 e. The van der Waals surface area contributed by atoms with Crippen molar-refractivity contribution in [3.05, 3.63) is 54.1 Å². The van der Waals surface area contributed by atoms with Crippen LogP contribution in [0.1, 0.15) is 5.56 Å². The van der Waals surface area contributed by atoms with E-state index in [2.05, 4.69) is 10.1 Å². The minimum atomic E-state index is -2.87. The molecule has 7 nitrogen and oxygen atoms in total. The van der Waals surface area contributed by atoms with Crippen LogP contribution in [0.25, 0.3) is 0 Å². The van der Waals surface area contributed by atoms with E-state index in [9.17, 15) is 18.4 Å². The molecule has 9 heteroatoms. The zero-order valence-corrected chi connectivity index (χ0v) is 15.7. The SMILES string of the molecule is COc1ccccc1OCC(=O)OCC(=O)NCCc1ccc(OC(F)F)cc1. The first kappa shape index (κ1) is 21.9. The Kier molecular flexibility index (Phi) is 8.68. The molecule has 0 aliphatic rings. The molecule has 0 aliphatic heterocycles. The summed E-state index contributed by atoms with van der Waals surface area (Å²) in [6.07, 6.45) is 0.478. The van der Waals surface area contributed by atoms with E-state index in [1.165, 1.54) is 19.2 Å². The lowest BCUT2D eigenvalue weighted by molar-refractivity contribution is -0.150. The van der Waals surface area contributed by atoms with Crippen LogP contribution in [0, 0.1) is 0 Å². The molecule has 0 spiro atoms. The number of carbonyl (C=O) groups is 2. The van der Waals surface area contributed by atoms with E-state index in [4.69, 9.17) is 14.2 Å². The van der Waals surface area contributed by atoms with Crippen molar-refractivity contribution in [2.45, 2.75) is 13.0 Å². The van der Waals surface area contributed by atoms with E-state index in [1.807, 2.05) is 0 Å². The number of nitrogens with one attached hydrogen (secondary N) is 1. The van der Waals surface area contributed by atoms with Gasteiger partial charge in [0.15, 0.2) is 24.7 Å². The first-order chi connectivity index (χ1) is 14.0. The minimum Gasteiger partial charge on any atom is -0.493 e. The molecule has 0 aromatic heterocycles. The second kappa shape index (κ2) is 11.5. The van der Waals surface area contributed by atoms with Gasteiger partial charge in [-0.3, -0.25) is 4.79 Å². The van der Waals surface area contributed by atoms with Crippen LogP contribution in [0.15, 0.2) is 48.5 Å². The molecule has 0 aliphatic carbocycles. The summed E-state index contributed by atoms with van der Waals surface area (Å²) < 4.78 is 43.7. The fraction of sp³-hybridized carbons (Fsp3) is 0.300. The van der Waals surface area contributed by atoms with Crippen molar-refractivity contribution in [1.29, 1.82) is 0 Å². The quantitative estimate of drug-likeness (QED) is 0.575. The molecule has 0 radical (unpaired) electrons. The smallest absolute Gasteiger partial charge is 0.387 e. The summed E-state index contributed by atoms with van der Waals surface area (Å²) >= 11 is 0. The maximum atomic E-state index is 12.1. The molecule has 1 amide bonds. The highest BCUT2D eigenvalue weighted by atomic mass is 19.3. The normalized spacial score (nSPS) is 10.3. The Hall–Kier alpha value is -3.36. The van der Waals surface area contributed by atoms with Crippen molar-refractivity contribution in [1.82, 2.24) is 5.32 Å². The molecule has 2 aromatic carbocycles. The highest BCUT2D eigenvalue weighted by Gasteiger charge is 2.10. The van der Waals surface area contributed by atoms with Crippen molar-refractivity contribution >= 4 is 11.9 Å². The maximum absolute atomic E-state index is 12.1. The van der Waals surface area contributed by atoms with E-state index in [0.717, 1.165) is 5.56 Å². The topological polar surface area (TPSA) is 83.1 Å². The van der Waals surface area contributed by atoms with E-state index in [-0.39, 0.29) is 12.4 Å². The van der Waals surface area contributed by atoms with E-state index in [0.29, 0.717) is 24.5 Å². The van der Waals surface area contributed by atoms with Gasteiger partial charge in [0.1, 0.15) is 5.75 Å². The fourth-order valence-electron chi connectivity index (χ4n) is 2.30. The number of alkyl halides is 2. The predicted octanol–water partition coefficient (Wildman–Crippen LogP) is 2.58. The fourth-order valence-corrected chi connectivity index (χ4v) is 2.30. The van der Waals surface area contributed by atoms with Crippen LogP contribution < -0.4 is 19.5 Å². The van der Waals surface area contributed by atoms with E-state index < -0.39 is 25.1 Å². The van der Waals surface area contributed by atoms with Gasteiger partial charge in [-0.2, -0.15) is 8.78 Å². The summed E-state index contributed by atoms with van der Waals surface area (Å²) in [5, 5.41) is 2.60. The zero-order valence-electron chi connectivity index (χ0n) is 15.7. The molecular weight excluding hydrogens is 388 g/mol. The zero-order chi connectivity index (χ0) is 21.1. The number of ether oxygens (including phenoxy) is 4. The molecule has 0 bridgehead atoms. The van der Waals surface area contributed by atoms with Crippen LogP contribution in [0.5, 0.6) is 17.2 Å². The van der Waals surface area contributed by atoms with Gasteiger partial charge in [-0.15, -0.1) is 0 Å². The van der Waals surface area contributed by atoms with Crippen LogP contribution in [0.4, 0.5) is 8.78 Å². The monoisotopic (exact) mass is 409 g/mol.